The van der Waals surface area contributed by atoms with E-state index < -0.39 is 0 Å². The first-order valence-corrected chi connectivity index (χ1v) is 9.27. The van der Waals surface area contributed by atoms with E-state index in [4.69, 9.17) is 15.6 Å². The molecule has 0 radical (unpaired) electrons. The van der Waals surface area contributed by atoms with E-state index in [9.17, 15) is 0 Å². The molecule has 0 saturated carbocycles. The molecule has 2 fully saturated rings. The van der Waals surface area contributed by atoms with Gasteiger partial charge in [-0.2, -0.15) is 16.9 Å². The number of rotatable bonds is 3. The average molecular weight is 309 g/mol. The summed E-state index contributed by atoms with van der Waals surface area (Å²) in [6, 6.07) is 0.493. The van der Waals surface area contributed by atoms with Crippen molar-refractivity contribution in [2.24, 2.45) is 5.73 Å². The lowest BCUT2D eigenvalue weighted by molar-refractivity contribution is -0.100. The van der Waals surface area contributed by atoms with Crippen molar-refractivity contribution in [1.82, 2.24) is 9.78 Å². The second kappa shape index (κ2) is 6.31. The zero-order chi connectivity index (χ0) is 14.9. The molecule has 4 nitrogen and oxygen atoms in total. The van der Waals surface area contributed by atoms with Crippen LogP contribution in [0.15, 0.2) is 0 Å². The van der Waals surface area contributed by atoms with Crippen LogP contribution in [0, 0.1) is 13.8 Å². The van der Waals surface area contributed by atoms with E-state index in [0.29, 0.717) is 12.6 Å². The van der Waals surface area contributed by atoms with Gasteiger partial charge in [0.05, 0.1) is 17.3 Å². The topological polar surface area (TPSA) is 53.1 Å². The highest BCUT2D eigenvalue weighted by molar-refractivity contribution is 7.99. The van der Waals surface area contributed by atoms with Gasteiger partial charge in [0, 0.05) is 12.3 Å². The number of nitrogens with two attached hydrogens (primary N) is 1. The van der Waals surface area contributed by atoms with Crippen LogP contribution in [0.25, 0.3) is 0 Å². The fourth-order valence-corrected chi connectivity index (χ4v) is 5.10. The third-order valence-electron chi connectivity index (χ3n) is 5.09. The molecule has 0 bridgehead atoms. The lowest BCUT2D eigenvalue weighted by atomic mass is 9.85. The standard InChI is InChI=1S/C16H27N3OS/c1-12-15(3-7-17)13(2)19(18-12)14-4-8-20-16(11-14)5-9-21-10-6-16/h14H,3-11,17H2,1-2H3. The van der Waals surface area contributed by atoms with Gasteiger partial charge in [-0.25, -0.2) is 0 Å². The monoisotopic (exact) mass is 309 g/mol. The van der Waals surface area contributed by atoms with Crippen molar-refractivity contribution in [1.29, 1.82) is 0 Å². The van der Waals surface area contributed by atoms with Crippen LogP contribution in [0.3, 0.4) is 0 Å². The number of ether oxygens (including phenoxy) is 1. The zero-order valence-electron chi connectivity index (χ0n) is 13.2. The Balaban J connectivity index is 1.81. The molecule has 1 spiro atoms. The maximum atomic E-state index is 6.21. The van der Waals surface area contributed by atoms with Gasteiger partial charge >= 0.3 is 0 Å². The fourth-order valence-electron chi connectivity index (χ4n) is 3.86. The first-order chi connectivity index (χ1) is 10.2. The number of hydrogen-bond donors (Lipinski definition) is 1. The van der Waals surface area contributed by atoms with Crippen molar-refractivity contribution >= 4 is 11.8 Å². The molecule has 1 atom stereocenters. The zero-order valence-corrected chi connectivity index (χ0v) is 14.0. The molecule has 2 aliphatic rings. The number of thioether (sulfide) groups is 1. The maximum absolute atomic E-state index is 6.21. The minimum atomic E-state index is 0.120. The van der Waals surface area contributed by atoms with Gasteiger partial charge in [0.25, 0.3) is 0 Å². The van der Waals surface area contributed by atoms with Crippen molar-refractivity contribution in [3.05, 3.63) is 17.0 Å². The van der Waals surface area contributed by atoms with Crippen LogP contribution in [0.4, 0.5) is 0 Å². The molecule has 5 heteroatoms. The summed E-state index contributed by atoms with van der Waals surface area (Å²) in [6.07, 6.45) is 5.53. The van der Waals surface area contributed by atoms with Crippen LogP contribution < -0.4 is 5.73 Å². The van der Waals surface area contributed by atoms with Crippen molar-refractivity contribution in [2.75, 3.05) is 24.7 Å². The Labute approximate surface area is 131 Å². The van der Waals surface area contributed by atoms with Gasteiger partial charge in [-0.15, -0.1) is 0 Å². The van der Waals surface area contributed by atoms with Gasteiger partial charge in [0.15, 0.2) is 0 Å². The second-order valence-corrected chi connectivity index (χ2v) is 7.65. The Morgan fingerprint density at radius 2 is 2.14 bits per heavy atom. The molecule has 1 unspecified atom stereocenters. The lowest BCUT2D eigenvalue weighted by Gasteiger charge is -2.43. The van der Waals surface area contributed by atoms with Crippen LogP contribution in [-0.2, 0) is 11.2 Å². The summed E-state index contributed by atoms with van der Waals surface area (Å²) < 4.78 is 8.48. The normalized spacial score (nSPS) is 25.4. The highest BCUT2D eigenvalue weighted by Crippen LogP contribution is 2.41. The molecule has 2 saturated heterocycles. The van der Waals surface area contributed by atoms with E-state index in [-0.39, 0.29) is 5.60 Å². The van der Waals surface area contributed by atoms with E-state index in [2.05, 4.69) is 30.3 Å². The first kappa shape index (κ1) is 15.4. The van der Waals surface area contributed by atoms with Gasteiger partial charge in [0.1, 0.15) is 0 Å². The van der Waals surface area contributed by atoms with Gasteiger partial charge in [0.2, 0.25) is 0 Å². The third kappa shape index (κ3) is 3.01. The second-order valence-electron chi connectivity index (χ2n) is 6.42. The molecule has 3 heterocycles. The highest BCUT2D eigenvalue weighted by atomic mass is 32.2. The van der Waals surface area contributed by atoms with E-state index in [1.165, 1.54) is 35.6 Å². The molecular weight excluding hydrogens is 282 g/mol. The predicted molar refractivity (Wildman–Crippen MR) is 88.0 cm³/mol. The average Bonchev–Trinajstić information content (AvgIpc) is 2.77. The van der Waals surface area contributed by atoms with Crippen LogP contribution in [-0.4, -0.2) is 40.0 Å². The van der Waals surface area contributed by atoms with E-state index in [0.717, 1.165) is 31.6 Å². The summed E-state index contributed by atoms with van der Waals surface area (Å²) in [4.78, 5) is 0. The van der Waals surface area contributed by atoms with Gasteiger partial charge < -0.3 is 10.5 Å². The predicted octanol–water partition coefficient (Wildman–Crippen LogP) is 2.62. The van der Waals surface area contributed by atoms with Crippen LogP contribution >= 0.6 is 11.8 Å². The molecule has 2 aliphatic heterocycles. The summed E-state index contributed by atoms with van der Waals surface area (Å²) in [5, 5.41) is 4.83. The molecule has 0 amide bonds. The number of aromatic nitrogens is 2. The molecule has 1 aromatic rings. The molecule has 0 aromatic carbocycles. The highest BCUT2D eigenvalue weighted by Gasteiger charge is 2.40. The Morgan fingerprint density at radius 3 is 2.86 bits per heavy atom. The molecule has 1 aromatic heterocycles. The van der Waals surface area contributed by atoms with Crippen molar-refractivity contribution < 1.29 is 4.74 Å². The van der Waals surface area contributed by atoms with E-state index in [1.54, 1.807) is 0 Å². The molecular formula is C16H27N3OS. The largest absolute Gasteiger partial charge is 0.375 e. The maximum Gasteiger partial charge on any atom is 0.0718 e. The van der Waals surface area contributed by atoms with Crippen LogP contribution in [0.1, 0.15) is 48.7 Å². The van der Waals surface area contributed by atoms with E-state index in [1.807, 2.05) is 0 Å². The molecule has 118 valence electrons. The summed E-state index contributed by atoms with van der Waals surface area (Å²) in [5.74, 6) is 2.48. The van der Waals surface area contributed by atoms with Crippen molar-refractivity contribution in [2.45, 2.75) is 57.6 Å². The summed E-state index contributed by atoms with van der Waals surface area (Å²) in [6.45, 7) is 5.88. The van der Waals surface area contributed by atoms with Crippen LogP contribution in [0.5, 0.6) is 0 Å². The molecule has 2 N–H and O–H groups in total. The number of aryl methyl sites for hydroxylation is 1. The van der Waals surface area contributed by atoms with E-state index >= 15 is 0 Å². The SMILES string of the molecule is Cc1nn(C2CCOC3(CCSCC3)C2)c(C)c1CCN. The van der Waals surface area contributed by atoms with Crippen molar-refractivity contribution in [3.8, 4) is 0 Å². The molecule has 21 heavy (non-hydrogen) atoms. The fraction of sp³-hybridized carbons (Fsp3) is 0.812. The van der Waals surface area contributed by atoms with Crippen molar-refractivity contribution in [3.63, 3.8) is 0 Å². The van der Waals surface area contributed by atoms with Gasteiger partial charge in [-0.1, -0.05) is 0 Å². The summed E-state index contributed by atoms with van der Waals surface area (Å²) >= 11 is 2.06. The summed E-state index contributed by atoms with van der Waals surface area (Å²) in [5.41, 5.74) is 9.66. The van der Waals surface area contributed by atoms with Gasteiger partial charge in [-0.05, 0) is 69.6 Å². The number of nitrogens with zero attached hydrogens (tertiary/aromatic N) is 2. The minimum absolute atomic E-state index is 0.120. The van der Waals surface area contributed by atoms with Gasteiger partial charge in [-0.3, -0.25) is 4.68 Å². The molecule has 3 rings (SSSR count). The first-order valence-electron chi connectivity index (χ1n) is 8.11. The Morgan fingerprint density at radius 1 is 1.38 bits per heavy atom. The quantitative estimate of drug-likeness (QED) is 0.932. The summed E-state index contributed by atoms with van der Waals surface area (Å²) in [7, 11) is 0. The third-order valence-corrected chi connectivity index (χ3v) is 6.07. The minimum Gasteiger partial charge on any atom is -0.375 e. The Bertz CT molecular complexity index is 488. The molecule has 0 aliphatic carbocycles. The lowest BCUT2D eigenvalue weighted by Crippen LogP contribution is -2.43. The van der Waals surface area contributed by atoms with Crippen LogP contribution in [0.2, 0.25) is 0 Å². The Hall–Kier alpha value is -0.520. The smallest absolute Gasteiger partial charge is 0.0718 e. The Kier molecular flexibility index (Phi) is 4.62. The number of hydrogen-bond acceptors (Lipinski definition) is 4.